The number of nitrogens with zero attached hydrogens (tertiary/aromatic N) is 2. The van der Waals surface area contributed by atoms with E-state index in [1.807, 2.05) is 7.05 Å². The molecule has 2 aliphatic rings. The van der Waals surface area contributed by atoms with Crippen molar-refractivity contribution in [3.05, 3.63) is 0 Å². The van der Waals surface area contributed by atoms with Crippen LogP contribution in [0, 0.1) is 11.3 Å². The zero-order chi connectivity index (χ0) is 15.7. The van der Waals surface area contributed by atoms with Gasteiger partial charge in [0.1, 0.15) is 5.84 Å². The summed E-state index contributed by atoms with van der Waals surface area (Å²) < 4.78 is 29.5. The van der Waals surface area contributed by atoms with Gasteiger partial charge in [-0.3, -0.25) is 5.41 Å². The summed E-state index contributed by atoms with van der Waals surface area (Å²) in [7, 11) is -1.60. The molecule has 4 N–H and O–H groups in total. The summed E-state index contributed by atoms with van der Waals surface area (Å²) in [4.78, 5) is 2.12. The van der Waals surface area contributed by atoms with Crippen molar-refractivity contribution in [1.82, 2.24) is 13.9 Å². The Bertz CT molecular complexity index is 485. The quantitative estimate of drug-likeness (QED) is 0.500. The molecule has 8 heteroatoms. The molecule has 21 heavy (non-hydrogen) atoms. The number of nitrogens with two attached hydrogens (primary N) is 1. The minimum atomic E-state index is -3.59. The predicted octanol–water partition coefficient (Wildman–Crippen LogP) is -0.0469. The maximum Gasteiger partial charge on any atom is 0.280 e. The molecule has 0 aromatic heterocycles. The molecule has 2 rings (SSSR count). The lowest BCUT2D eigenvalue weighted by molar-refractivity contribution is 0.212. The third kappa shape index (κ3) is 3.74. The third-order valence-electron chi connectivity index (χ3n) is 4.64. The summed E-state index contributed by atoms with van der Waals surface area (Å²) in [6.07, 6.45) is 3.04. The molecule has 0 bridgehead atoms. The molecule has 0 aromatic carbocycles. The highest BCUT2D eigenvalue weighted by Gasteiger charge is 2.42. The van der Waals surface area contributed by atoms with Crippen LogP contribution in [0.3, 0.4) is 0 Å². The van der Waals surface area contributed by atoms with Crippen LogP contribution < -0.4 is 10.5 Å². The average Bonchev–Trinajstić information content (AvgIpc) is 2.41. The van der Waals surface area contributed by atoms with Crippen LogP contribution >= 0.6 is 0 Å². The maximum absolute atomic E-state index is 12.6. The van der Waals surface area contributed by atoms with E-state index < -0.39 is 15.7 Å². The molecule has 0 aromatic rings. The molecule has 2 saturated heterocycles. The van der Waals surface area contributed by atoms with E-state index in [1.54, 1.807) is 0 Å². The number of likely N-dealkylation sites (tertiary alicyclic amines) is 1. The Balaban J connectivity index is 2.14. The van der Waals surface area contributed by atoms with Gasteiger partial charge in [-0.1, -0.05) is 6.92 Å². The summed E-state index contributed by atoms with van der Waals surface area (Å²) >= 11 is 0. The standard InChI is InChI=1S/C13H27N5O2S/c1-11-4-3-7-18(10-11)21(19,20)16-13(12(14)15)5-8-17(2)9-6-13/h11,16H,3-10H2,1-2H3,(H3,14,15). The summed E-state index contributed by atoms with van der Waals surface area (Å²) in [6, 6.07) is 0. The van der Waals surface area contributed by atoms with Crippen molar-refractivity contribution in [1.29, 1.82) is 5.41 Å². The zero-order valence-corrected chi connectivity index (χ0v) is 13.7. The SMILES string of the molecule is CC1CCCN(S(=O)(=O)NC2(C(=N)N)CCN(C)CC2)C1. The van der Waals surface area contributed by atoms with Crippen molar-refractivity contribution in [2.75, 3.05) is 33.2 Å². The van der Waals surface area contributed by atoms with E-state index in [9.17, 15) is 8.42 Å². The van der Waals surface area contributed by atoms with Crippen molar-refractivity contribution in [2.45, 2.75) is 38.1 Å². The van der Waals surface area contributed by atoms with Crippen LogP contribution in [-0.2, 0) is 10.2 Å². The Morgan fingerprint density at radius 1 is 1.33 bits per heavy atom. The maximum atomic E-state index is 12.6. The second-order valence-corrected chi connectivity index (χ2v) is 8.18. The van der Waals surface area contributed by atoms with E-state index in [4.69, 9.17) is 11.1 Å². The molecular weight excluding hydrogens is 290 g/mol. The van der Waals surface area contributed by atoms with Gasteiger partial charge in [-0.15, -0.1) is 0 Å². The van der Waals surface area contributed by atoms with Crippen LogP contribution in [0.15, 0.2) is 0 Å². The largest absolute Gasteiger partial charge is 0.386 e. The average molecular weight is 317 g/mol. The Morgan fingerprint density at radius 3 is 2.48 bits per heavy atom. The van der Waals surface area contributed by atoms with E-state index >= 15 is 0 Å². The summed E-state index contributed by atoms with van der Waals surface area (Å²) in [5.41, 5.74) is 4.81. The molecule has 2 fully saturated rings. The number of nitrogens with one attached hydrogen (secondary N) is 2. The van der Waals surface area contributed by atoms with Crippen molar-refractivity contribution in [3.63, 3.8) is 0 Å². The fourth-order valence-corrected chi connectivity index (χ4v) is 4.86. The minimum absolute atomic E-state index is 0.0794. The lowest BCUT2D eigenvalue weighted by atomic mass is 9.88. The van der Waals surface area contributed by atoms with Crippen molar-refractivity contribution < 1.29 is 8.42 Å². The Kier molecular flexibility index (Phi) is 4.92. The van der Waals surface area contributed by atoms with Crippen LogP contribution in [0.25, 0.3) is 0 Å². The highest BCUT2D eigenvalue weighted by atomic mass is 32.2. The number of piperidine rings is 2. The van der Waals surface area contributed by atoms with Crippen LogP contribution in [0.4, 0.5) is 0 Å². The fourth-order valence-electron chi connectivity index (χ4n) is 3.10. The molecule has 0 saturated carbocycles. The van der Waals surface area contributed by atoms with Gasteiger partial charge < -0.3 is 10.6 Å². The number of amidine groups is 1. The summed E-state index contributed by atoms with van der Waals surface area (Å²) in [5, 5.41) is 7.85. The Labute approximate surface area is 127 Å². The third-order valence-corrected chi connectivity index (χ3v) is 6.30. The summed E-state index contributed by atoms with van der Waals surface area (Å²) in [5.74, 6) is 0.297. The molecule has 0 radical (unpaired) electrons. The number of hydrogen-bond acceptors (Lipinski definition) is 4. The molecule has 0 aliphatic carbocycles. The first kappa shape index (κ1) is 16.7. The Hall–Kier alpha value is -0.700. The zero-order valence-electron chi connectivity index (χ0n) is 12.9. The van der Waals surface area contributed by atoms with Gasteiger partial charge in [-0.25, -0.2) is 0 Å². The van der Waals surface area contributed by atoms with Crippen LogP contribution in [0.5, 0.6) is 0 Å². The monoisotopic (exact) mass is 317 g/mol. The highest BCUT2D eigenvalue weighted by molar-refractivity contribution is 7.87. The minimum Gasteiger partial charge on any atom is -0.386 e. The van der Waals surface area contributed by atoms with E-state index in [1.165, 1.54) is 4.31 Å². The van der Waals surface area contributed by atoms with Gasteiger partial charge in [-0.05, 0) is 38.6 Å². The Morgan fingerprint density at radius 2 is 1.95 bits per heavy atom. The first-order chi connectivity index (χ1) is 9.75. The van der Waals surface area contributed by atoms with Crippen LogP contribution in [0.2, 0.25) is 0 Å². The molecule has 1 unspecified atom stereocenters. The topological polar surface area (TPSA) is 103 Å². The normalized spacial score (nSPS) is 28.4. The van der Waals surface area contributed by atoms with Gasteiger partial charge >= 0.3 is 0 Å². The fraction of sp³-hybridized carbons (Fsp3) is 0.923. The summed E-state index contributed by atoms with van der Waals surface area (Å²) in [6.45, 7) is 4.63. The second-order valence-electron chi connectivity index (χ2n) is 6.51. The lowest BCUT2D eigenvalue weighted by Crippen LogP contribution is -2.64. The predicted molar refractivity (Wildman–Crippen MR) is 83.4 cm³/mol. The molecule has 0 amide bonds. The van der Waals surface area contributed by atoms with Crippen LogP contribution in [-0.4, -0.2) is 62.2 Å². The first-order valence-electron chi connectivity index (χ1n) is 7.57. The number of hydrogen-bond donors (Lipinski definition) is 3. The second kappa shape index (κ2) is 6.20. The van der Waals surface area contributed by atoms with E-state index in [0.29, 0.717) is 31.8 Å². The van der Waals surface area contributed by atoms with Crippen molar-refractivity contribution in [3.8, 4) is 0 Å². The van der Waals surface area contributed by atoms with Crippen molar-refractivity contribution >= 4 is 16.0 Å². The first-order valence-corrected chi connectivity index (χ1v) is 9.01. The van der Waals surface area contributed by atoms with Crippen molar-refractivity contribution in [2.24, 2.45) is 11.7 Å². The lowest BCUT2D eigenvalue weighted by Gasteiger charge is -2.41. The van der Waals surface area contributed by atoms with E-state index in [2.05, 4.69) is 16.5 Å². The highest BCUT2D eigenvalue weighted by Crippen LogP contribution is 2.25. The van der Waals surface area contributed by atoms with Gasteiger partial charge in [0.2, 0.25) is 0 Å². The molecule has 2 heterocycles. The van der Waals surface area contributed by atoms with Gasteiger partial charge in [-0.2, -0.15) is 17.4 Å². The smallest absolute Gasteiger partial charge is 0.280 e. The molecular formula is C13H27N5O2S. The van der Waals surface area contributed by atoms with Gasteiger partial charge in [0.05, 0.1) is 5.54 Å². The molecule has 122 valence electrons. The molecule has 2 aliphatic heterocycles. The van der Waals surface area contributed by atoms with Gasteiger partial charge in [0, 0.05) is 26.2 Å². The van der Waals surface area contributed by atoms with E-state index in [0.717, 1.165) is 25.9 Å². The van der Waals surface area contributed by atoms with Gasteiger partial charge in [0.25, 0.3) is 10.2 Å². The van der Waals surface area contributed by atoms with E-state index in [-0.39, 0.29) is 5.84 Å². The number of rotatable bonds is 4. The van der Waals surface area contributed by atoms with Crippen LogP contribution in [0.1, 0.15) is 32.6 Å². The molecule has 7 nitrogen and oxygen atoms in total. The van der Waals surface area contributed by atoms with Gasteiger partial charge in [0.15, 0.2) is 0 Å². The molecule has 0 spiro atoms. The molecule has 1 atom stereocenters.